The molecule has 1 aliphatic heterocycles. The summed E-state index contributed by atoms with van der Waals surface area (Å²) in [4.78, 5) is 5.23. The molecule has 3 aromatic rings. The molecule has 1 aliphatic rings. The van der Waals surface area contributed by atoms with Gasteiger partial charge in [-0.15, -0.1) is 0 Å². The van der Waals surface area contributed by atoms with Crippen LogP contribution in [0.25, 0.3) is 0 Å². The number of aliphatic imine (C=N–C) groups is 1. The Hall–Kier alpha value is -2.87. The molecule has 0 saturated heterocycles. The highest BCUT2D eigenvalue weighted by atomic mass is 15.2. The zero-order valence-corrected chi connectivity index (χ0v) is 15.3. The Bertz CT molecular complexity index is 887. The van der Waals surface area contributed by atoms with Gasteiger partial charge >= 0.3 is 0 Å². The Balaban J connectivity index is 1.77. The van der Waals surface area contributed by atoms with Crippen LogP contribution in [-0.4, -0.2) is 5.84 Å². The normalized spacial score (nSPS) is 23.2. The van der Waals surface area contributed by atoms with E-state index in [4.69, 9.17) is 4.99 Å². The minimum atomic E-state index is -0.332. The fourth-order valence-corrected chi connectivity index (χ4v) is 3.82. The van der Waals surface area contributed by atoms with E-state index in [1.54, 1.807) is 0 Å². The Morgan fingerprint density at radius 3 is 1.96 bits per heavy atom. The van der Waals surface area contributed by atoms with Crippen LogP contribution >= 0.6 is 0 Å². The molecule has 0 bridgehead atoms. The van der Waals surface area contributed by atoms with Crippen LogP contribution in [0.3, 0.4) is 0 Å². The first-order valence-electron chi connectivity index (χ1n) is 9.20. The quantitative estimate of drug-likeness (QED) is 0.671. The van der Waals surface area contributed by atoms with Gasteiger partial charge in [0.05, 0.1) is 6.04 Å². The molecule has 3 atom stereocenters. The van der Waals surface area contributed by atoms with Crippen molar-refractivity contribution in [1.82, 2.24) is 5.32 Å². The summed E-state index contributed by atoms with van der Waals surface area (Å²) in [7, 11) is 0. The molecule has 0 spiro atoms. The first-order valence-corrected chi connectivity index (χ1v) is 9.20. The monoisotopic (exact) mass is 340 g/mol. The van der Waals surface area contributed by atoms with Crippen molar-refractivity contribution in [2.75, 3.05) is 0 Å². The van der Waals surface area contributed by atoms with Gasteiger partial charge in [-0.2, -0.15) is 0 Å². The lowest BCUT2D eigenvalue weighted by Gasteiger charge is -2.30. The molecule has 1 N–H and O–H groups in total. The van der Waals surface area contributed by atoms with Crippen LogP contribution in [0, 0.1) is 0 Å². The van der Waals surface area contributed by atoms with Crippen molar-refractivity contribution in [3.05, 3.63) is 108 Å². The molecule has 0 saturated carbocycles. The molecule has 0 fully saturated rings. The SMILES string of the molecule is CC(C1=NC(C)(c2ccccc2)C(c2ccccc2)N1)c1ccccc1. The third-order valence-electron chi connectivity index (χ3n) is 5.41. The van der Waals surface area contributed by atoms with Gasteiger partial charge in [0, 0.05) is 5.92 Å². The average Bonchev–Trinajstić information content (AvgIpc) is 3.08. The van der Waals surface area contributed by atoms with E-state index in [9.17, 15) is 0 Å². The van der Waals surface area contributed by atoms with Crippen molar-refractivity contribution >= 4 is 5.84 Å². The second-order valence-corrected chi connectivity index (χ2v) is 7.13. The predicted molar refractivity (Wildman–Crippen MR) is 108 cm³/mol. The minimum Gasteiger partial charge on any atom is -0.364 e. The van der Waals surface area contributed by atoms with Crippen molar-refractivity contribution in [3.63, 3.8) is 0 Å². The molecule has 2 heteroatoms. The number of nitrogens with zero attached hydrogens (tertiary/aromatic N) is 1. The van der Waals surface area contributed by atoms with Gasteiger partial charge in [-0.3, -0.25) is 4.99 Å². The van der Waals surface area contributed by atoms with Crippen LogP contribution in [0.4, 0.5) is 0 Å². The van der Waals surface area contributed by atoms with Crippen LogP contribution in [0.5, 0.6) is 0 Å². The van der Waals surface area contributed by atoms with Crippen molar-refractivity contribution in [2.24, 2.45) is 4.99 Å². The van der Waals surface area contributed by atoms with Crippen molar-refractivity contribution < 1.29 is 0 Å². The highest BCUT2D eigenvalue weighted by Gasteiger charge is 2.43. The van der Waals surface area contributed by atoms with Crippen molar-refractivity contribution in [3.8, 4) is 0 Å². The standard InChI is InChI=1S/C24H24N2/c1-18(19-12-6-3-7-13-19)23-25-22(20-14-8-4-9-15-20)24(2,26-23)21-16-10-5-11-17-21/h3-18,22H,1-2H3,(H,25,26). The fraction of sp³-hybridized carbons (Fsp3) is 0.208. The van der Waals surface area contributed by atoms with E-state index < -0.39 is 0 Å². The van der Waals surface area contributed by atoms with Gasteiger partial charge in [0.2, 0.25) is 0 Å². The third kappa shape index (κ3) is 2.92. The van der Waals surface area contributed by atoms with E-state index in [1.807, 2.05) is 0 Å². The van der Waals surface area contributed by atoms with Gasteiger partial charge in [-0.1, -0.05) is 97.9 Å². The summed E-state index contributed by atoms with van der Waals surface area (Å²) in [5, 5.41) is 3.74. The van der Waals surface area contributed by atoms with E-state index in [1.165, 1.54) is 16.7 Å². The summed E-state index contributed by atoms with van der Waals surface area (Å²) >= 11 is 0. The molecule has 1 heterocycles. The largest absolute Gasteiger partial charge is 0.364 e. The maximum absolute atomic E-state index is 5.23. The zero-order valence-electron chi connectivity index (χ0n) is 15.3. The smallest absolute Gasteiger partial charge is 0.109 e. The molecule has 4 rings (SSSR count). The highest BCUT2D eigenvalue weighted by molar-refractivity contribution is 5.91. The van der Waals surface area contributed by atoms with E-state index >= 15 is 0 Å². The maximum atomic E-state index is 5.23. The third-order valence-corrected chi connectivity index (χ3v) is 5.41. The number of nitrogens with one attached hydrogen (secondary N) is 1. The second-order valence-electron chi connectivity index (χ2n) is 7.13. The minimum absolute atomic E-state index is 0.118. The van der Waals surface area contributed by atoms with Gasteiger partial charge < -0.3 is 5.32 Å². The molecular formula is C24H24N2. The summed E-state index contributed by atoms with van der Waals surface area (Å²) in [5.41, 5.74) is 3.44. The number of rotatable bonds is 4. The molecule has 0 aromatic heterocycles. The number of hydrogen-bond acceptors (Lipinski definition) is 2. The summed E-state index contributed by atoms with van der Waals surface area (Å²) in [6.07, 6.45) is 0. The lowest BCUT2D eigenvalue weighted by molar-refractivity contribution is 0.405. The van der Waals surface area contributed by atoms with Crippen LogP contribution in [-0.2, 0) is 5.54 Å². The lowest BCUT2D eigenvalue weighted by atomic mass is 9.82. The van der Waals surface area contributed by atoms with Gasteiger partial charge in [-0.25, -0.2) is 0 Å². The molecule has 130 valence electrons. The number of amidine groups is 1. The maximum Gasteiger partial charge on any atom is 0.109 e. The number of benzene rings is 3. The summed E-state index contributed by atoms with van der Waals surface area (Å²) < 4.78 is 0. The fourth-order valence-electron chi connectivity index (χ4n) is 3.82. The summed E-state index contributed by atoms with van der Waals surface area (Å²) in [6, 6.07) is 31.9. The van der Waals surface area contributed by atoms with Gasteiger partial charge in [-0.05, 0) is 23.6 Å². The molecule has 0 amide bonds. The predicted octanol–water partition coefficient (Wildman–Crippen LogP) is 5.45. The van der Waals surface area contributed by atoms with E-state index in [0.29, 0.717) is 0 Å². The van der Waals surface area contributed by atoms with Gasteiger partial charge in [0.25, 0.3) is 0 Å². The molecular weight excluding hydrogens is 316 g/mol. The number of hydrogen-bond donors (Lipinski definition) is 1. The molecule has 0 radical (unpaired) electrons. The Morgan fingerprint density at radius 1 is 0.808 bits per heavy atom. The Labute approximate surface area is 155 Å². The van der Waals surface area contributed by atoms with Crippen molar-refractivity contribution in [2.45, 2.75) is 31.3 Å². The van der Waals surface area contributed by atoms with E-state index in [-0.39, 0.29) is 17.5 Å². The topological polar surface area (TPSA) is 24.4 Å². The first-order chi connectivity index (χ1) is 12.7. The van der Waals surface area contributed by atoms with Crippen LogP contribution in [0.1, 0.15) is 42.5 Å². The first kappa shape index (κ1) is 16.6. The average molecular weight is 340 g/mol. The molecule has 3 unspecified atom stereocenters. The molecule has 26 heavy (non-hydrogen) atoms. The van der Waals surface area contributed by atoms with Crippen LogP contribution in [0.15, 0.2) is 96.0 Å². The summed E-state index contributed by atoms with van der Waals surface area (Å²) in [5.74, 6) is 1.28. The van der Waals surface area contributed by atoms with Crippen LogP contribution < -0.4 is 5.32 Å². The van der Waals surface area contributed by atoms with Crippen molar-refractivity contribution in [1.29, 1.82) is 0 Å². The van der Waals surface area contributed by atoms with Gasteiger partial charge in [0.15, 0.2) is 0 Å². The second kappa shape index (κ2) is 6.80. The Morgan fingerprint density at radius 2 is 1.35 bits per heavy atom. The highest BCUT2D eigenvalue weighted by Crippen LogP contribution is 2.43. The van der Waals surface area contributed by atoms with E-state index in [2.05, 4.69) is 110 Å². The molecule has 0 aliphatic carbocycles. The zero-order chi connectivity index (χ0) is 18.0. The van der Waals surface area contributed by atoms with Crippen LogP contribution in [0.2, 0.25) is 0 Å². The van der Waals surface area contributed by atoms with E-state index in [0.717, 1.165) is 5.84 Å². The lowest BCUT2D eigenvalue weighted by Crippen LogP contribution is -2.33. The Kier molecular flexibility index (Phi) is 4.34. The van der Waals surface area contributed by atoms with Gasteiger partial charge in [0.1, 0.15) is 11.4 Å². The molecule has 2 nitrogen and oxygen atoms in total. The molecule has 3 aromatic carbocycles. The summed E-state index contributed by atoms with van der Waals surface area (Å²) in [6.45, 7) is 4.46.